The Hall–Kier alpha value is -1.39. The van der Waals surface area contributed by atoms with Crippen LogP contribution in [0, 0.1) is 0 Å². The monoisotopic (exact) mass is 302 g/mol. The van der Waals surface area contributed by atoms with Crippen molar-refractivity contribution in [1.29, 1.82) is 0 Å². The lowest BCUT2D eigenvalue weighted by Gasteiger charge is -2.56. The van der Waals surface area contributed by atoms with Crippen molar-refractivity contribution in [1.82, 2.24) is 4.57 Å². The second-order valence-corrected chi connectivity index (χ2v) is 12.4. The summed E-state index contributed by atoms with van der Waals surface area (Å²) < 4.78 is 2.07. The molecule has 0 aliphatic carbocycles. The smallest absolute Gasteiger partial charge is 0.234 e. The van der Waals surface area contributed by atoms with Gasteiger partial charge in [0.1, 0.15) is 6.04 Å². The van der Waals surface area contributed by atoms with E-state index in [2.05, 4.69) is 62.7 Å². The molecule has 2 N–H and O–H groups in total. The molecule has 2 rings (SSSR count). The highest BCUT2D eigenvalue weighted by atomic mass is 28.3. The van der Waals surface area contributed by atoms with Crippen molar-refractivity contribution in [2.45, 2.75) is 51.0 Å². The lowest BCUT2D eigenvalue weighted by atomic mass is 9.98. The van der Waals surface area contributed by atoms with Crippen LogP contribution in [0.4, 0.5) is 0 Å². The predicted molar refractivity (Wildman–Crippen MR) is 91.3 cm³/mol. The van der Waals surface area contributed by atoms with Gasteiger partial charge in [-0.25, -0.2) is 0 Å². The van der Waals surface area contributed by atoms with Crippen LogP contribution >= 0.6 is 0 Å². The maximum atomic E-state index is 12.3. The quantitative estimate of drug-likeness (QED) is 0.688. The minimum Gasteiger partial charge on any atom is -0.360 e. The Bertz CT molecular complexity index is 546. The lowest BCUT2D eigenvalue weighted by Crippen LogP contribution is -2.76. The molecule has 1 amide bonds. The van der Waals surface area contributed by atoms with Crippen LogP contribution in [-0.4, -0.2) is 30.8 Å². The Labute approximate surface area is 128 Å². The molecule has 1 aliphatic heterocycles. The Morgan fingerprint density at radius 1 is 1.19 bits per heavy atom. The van der Waals surface area contributed by atoms with Crippen LogP contribution < -0.4 is 5.73 Å². The Morgan fingerprint density at radius 3 is 2.29 bits per heavy atom. The summed E-state index contributed by atoms with van der Waals surface area (Å²) in [6.07, 6.45) is 4.15. The summed E-state index contributed by atoms with van der Waals surface area (Å²) in [6.45, 7) is 11.2. The van der Waals surface area contributed by atoms with E-state index in [1.54, 1.807) is 0 Å². The van der Waals surface area contributed by atoms with Gasteiger partial charge in [-0.3, -0.25) is 4.79 Å². The standard InChI is InChI=1S/C17H26N2OSi/c1-17(2,3)21(4,5)19-14(15(18)16(19)20)12-11-13-9-7-6-8-10-13/h6-12,14-15H,18H2,1-5H3/t14-,15+/m0/s1. The van der Waals surface area contributed by atoms with E-state index in [1.165, 1.54) is 0 Å². The number of carbonyl (C=O) groups is 1. The van der Waals surface area contributed by atoms with Crippen LogP contribution in [0.1, 0.15) is 26.3 Å². The third-order valence-corrected chi connectivity index (χ3v) is 10.3. The van der Waals surface area contributed by atoms with Gasteiger partial charge in [-0.05, 0) is 10.6 Å². The highest BCUT2D eigenvalue weighted by Crippen LogP contribution is 2.42. The molecule has 1 aliphatic rings. The van der Waals surface area contributed by atoms with Gasteiger partial charge in [0.25, 0.3) is 0 Å². The van der Waals surface area contributed by atoms with E-state index in [1.807, 2.05) is 18.2 Å². The molecule has 2 atom stereocenters. The Kier molecular flexibility index (Phi) is 4.13. The third-order valence-electron chi connectivity index (χ3n) is 4.91. The average Bonchev–Trinajstić information content (AvgIpc) is 2.41. The second kappa shape index (κ2) is 5.43. The zero-order valence-corrected chi connectivity index (χ0v) is 14.6. The first-order valence-corrected chi connectivity index (χ1v) is 10.4. The summed E-state index contributed by atoms with van der Waals surface area (Å²) in [5.74, 6) is 0.101. The van der Waals surface area contributed by atoms with Crippen LogP contribution in [0.2, 0.25) is 18.1 Å². The molecule has 1 saturated heterocycles. The van der Waals surface area contributed by atoms with Crippen molar-refractivity contribution >= 4 is 20.2 Å². The summed E-state index contributed by atoms with van der Waals surface area (Å²) >= 11 is 0. The van der Waals surface area contributed by atoms with Crippen LogP contribution in [0.25, 0.3) is 6.08 Å². The maximum Gasteiger partial charge on any atom is 0.234 e. The summed E-state index contributed by atoms with van der Waals surface area (Å²) in [6, 6.07) is 9.77. The fourth-order valence-corrected chi connectivity index (χ4v) is 4.94. The van der Waals surface area contributed by atoms with Crippen molar-refractivity contribution in [2.75, 3.05) is 0 Å². The molecule has 1 fully saturated rings. The summed E-state index contributed by atoms with van der Waals surface area (Å²) in [5.41, 5.74) is 7.18. The van der Waals surface area contributed by atoms with Gasteiger partial charge in [0.2, 0.25) is 5.91 Å². The third kappa shape index (κ3) is 2.83. The van der Waals surface area contributed by atoms with Crippen LogP contribution in [0.3, 0.4) is 0 Å². The molecular weight excluding hydrogens is 276 g/mol. The number of hydrogen-bond donors (Lipinski definition) is 1. The largest absolute Gasteiger partial charge is 0.360 e. The number of β-lactam (4-membered cyclic amide) rings is 1. The molecule has 114 valence electrons. The maximum absolute atomic E-state index is 12.3. The fourth-order valence-electron chi connectivity index (χ4n) is 2.52. The van der Waals surface area contributed by atoms with E-state index in [0.29, 0.717) is 0 Å². The molecule has 1 heterocycles. The second-order valence-electron chi connectivity index (χ2n) is 7.30. The lowest BCUT2D eigenvalue weighted by molar-refractivity contribution is -0.139. The first kappa shape index (κ1) is 16.0. The molecule has 4 heteroatoms. The minimum absolute atomic E-state index is 0.0265. The first-order chi connectivity index (χ1) is 9.66. The Balaban J connectivity index is 2.23. The van der Waals surface area contributed by atoms with Crippen LogP contribution in [0.5, 0.6) is 0 Å². The topological polar surface area (TPSA) is 46.3 Å². The van der Waals surface area contributed by atoms with Gasteiger partial charge < -0.3 is 10.3 Å². The number of nitrogens with zero attached hydrogens (tertiary/aromatic N) is 1. The first-order valence-electron chi connectivity index (χ1n) is 7.48. The molecule has 21 heavy (non-hydrogen) atoms. The zero-order chi connectivity index (χ0) is 15.8. The van der Waals surface area contributed by atoms with Gasteiger partial charge in [-0.1, -0.05) is 76.3 Å². The number of rotatable bonds is 3. The highest BCUT2D eigenvalue weighted by molar-refractivity contribution is 6.80. The van der Waals surface area contributed by atoms with Gasteiger partial charge in [-0.2, -0.15) is 0 Å². The van der Waals surface area contributed by atoms with E-state index in [9.17, 15) is 4.79 Å². The molecule has 0 bridgehead atoms. The molecule has 0 radical (unpaired) electrons. The number of benzene rings is 1. The number of hydrogen-bond acceptors (Lipinski definition) is 2. The number of carbonyl (C=O) groups excluding carboxylic acids is 1. The average molecular weight is 302 g/mol. The van der Waals surface area contributed by atoms with Gasteiger partial charge in [0.15, 0.2) is 8.24 Å². The van der Waals surface area contributed by atoms with Gasteiger partial charge in [-0.15, -0.1) is 0 Å². The molecule has 0 spiro atoms. The van der Waals surface area contributed by atoms with Gasteiger partial charge >= 0.3 is 0 Å². The van der Waals surface area contributed by atoms with E-state index in [0.717, 1.165) is 5.56 Å². The van der Waals surface area contributed by atoms with Gasteiger partial charge in [0, 0.05) is 0 Å². The van der Waals surface area contributed by atoms with Gasteiger partial charge in [0.05, 0.1) is 6.04 Å². The zero-order valence-electron chi connectivity index (χ0n) is 13.6. The predicted octanol–water partition coefficient (Wildman–Crippen LogP) is 3.24. The summed E-state index contributed by atoms with van der Waals surface area (Å²) in [5, 5.41) is 0.127. The molecule has 0 saturated carbocycles. The molecular formula is C17H26N2OSi. The Morgan fingerprint density at radius 2 is 1.76 bits per heavy atom. The fraction of sp³-hybridized carbons (Fsp3) is 0.471. The SMILES string of the molecule is CC(C)(C)[Si](C)(C)N1C(=O)[C@H](N)[C@@H]1C=Cc1ccccc1. The van der Waals surface area contributed by atoms with Crippen molar-refractivity contribution in [3.8, 4) is 0 Å². The van der Waals surface area contributed by atoms with Crippen LogP contribution in [0.15, 0.2) is 36.4 Å². The highest BCUT2D eigenvalue weighted by Gasteiger charge is 2.55. The minimum atomic E-state index is -1.88. The number of nitrogens with two attached hydrogens (primary N) is 1. The molecule has 1 aromatic rings. The van der Waals surface area contributed by atoms with Crippen LogP contribution in [-0.2, 0) is 4.79 Å². The van der Waals surface area contributed by atoms with Crippen molar-refractivity contribution in [2.24, 2.45) is 5.73 Å². The van der Waals surface area contributed by atoms with E-state index in [-0.39, 0.29) is 23.0 Å². The normalized spacial score (nSPS) is 23.5. The van der Waals surface area contributed by atoms with E-state index >= 15 is 0 Å². The van der Waals surface area contributed by atoms with Crippen molar-refractivity contribution in [3.63, 3.8) is 0 Å². The molecule has 0 unspecified atom stereocenters. The van der Waals surface area contributed by atoms with E-state index < -0.39 is 8.24 Å². The summed E-state index contributed by atoms with van der Waals surface area (Å²) in [4.78, 5) is 12.3. The number of amides is 1. The molecule has 1 aromatic carbocycles. The summed E-state index contributed by atoms with van der Waals surface area (Å²) in [7, 11) is -1.88. The van der Waals surface area contributed by atoms with E-state index in [4.69, 9.17) is 5.73 Å². The molecule has 3 nitrogen and oxygen atoms in total. The van der Waals surface area contributed by atoms with Crippen molar-refractivity contribution < 1.29 is 4.79 Å². The molecule has 0 aromatic heterocycles. The van der Waals surface area contributed by atoms with Crippen molar-refractivity contribution in [3.05, 3.63) is 42.0 Å².